The fourth-order valence-electron chi connectivity index (χ4n) is 2.62. The molecule has 1 aliphatic heterocycles. The Morgan fingerprint density at radius 1 is 1.34 bits per heavy atom. The Hall–Kier alpha value is -2.27. The normalized spacial score (nSPS) is 16.3. The average Bonchev–Trinajstić information content (AvgIpc) is 3.06. The summed E-state index contributed by atoms with van der Waals surface area (Å²) in [6, 6.07) is 6.57. The number of alkyl halides is 3. The molecule has 2 rings (SSSR count). The van der Waals surface area contributed by atoms with Gasteiger partial charge in [-0.2, -0.15) is 24.9 Å². The van der Waals surface area contributed by atoms with E-state index in [9.17, 15) is 22.8 Å². The number of rotatable bonds is 6. The van der Waals surface area contributed by atoms with Crippen molar-refractivity contribution in [2.45, 2.75) is 38.0 Å². The molecule has 29 heavy (non-hydrogen) atoms. The molecule has 0 aliphatic carbocycles. The Balaban J connectivity index is 0.000000516. The summed E-state index contributed by atoms with van der Waals surface area (Å²) < 4.78 is 31.7. The van der Waals surface area contributed by atoms with Crippen LogP contribution in [-0.4, -0.2) is 59.7 Å². The van der Waals surface area contributed by atoms with Gasteiger partial charge in [0.1, 0.15) is 6.04 Å². The van der Waals surface area contributed by atoms with E-state index in [1.165, 1.54) is 0 Å². The molecular formula is C18H24F3N3O4S. The lowest BCUT2D eigenvalue weighted by Crippen LogP contribution is -2.53. The zero-order chi connectivity index (χ0) is 22.2. The third kappa shape index (κ3) is 6.93. The van der Waals surface area contributed by atoms with Gasteiger partial charge in [0, 0.05) is 24.4 Å². The summed E-state index contributed by atoms with van der Waals surface area (Å²) in [5.41, 5.74) is 7.74. The molecule has 2 atom stereocenters. The number of amides is 2. The van der Waals surface area contributed by atoms with Gasteiger partial charge in [-0.15, -0.1) is 0 Å². The van der Waals surface area contributed by atoms with Gasteiger partial charge < -0.3 is 16.2 Å². The topological polar surface area (TPSA) is 113 Å². The van der Waals surface area contributed by atoms with Crippen LogP contribution >= 0.6 is 11.8 Å². The number of carboxylic acids is 1. The molecule has 1 aromatic carbocycles. The Labute approximate surface area is 170 Å². The second-order valence-corrected chi connectivity index (χ2v) is 7.14. The molecule has 0 radical (unpaired) electrons. The minimum atomic E-state index is -5.08. The monoisotopic (exact) mass is 435 g/mol. The van der Waals surface area contributed by atoms with Crippen LogP contribution in [0.2, 0.25) is 0 Å². The molecule has 162 valence electrons. The maximum Gasteiger partial charge on any atom is 0.490 e. The van der Waals surface area contributed by atoms with Gasteiger partial charge in [-0.25, -0.2) is 4.79 Å². The Morgan fingerprint density at radius 3 is 2.45 bits per heavy atom. The number of nitrogens with zero attached hydrogens (tertiary/aromatic N) is 1. The summed E-state index contributed by atoms with van der Waals surface area (Å²) in [5.74, 6) is -2.19. The number of halogens is 3. The van der Waals surface area contributed by atoms with Crippen LogP contribution in [0.3, 0.4) is 0 Å². The summed E-state index contributed by atoms with van der Waals surface area (Å²) in [4.78, 5) is 35.5. The van der Waals surface area contributed by atoms with Gasteiger partial charge in [0.25, 0.3) is 0 Å². The molecule has 0 unspecified atom stereocenters. The summed E-state index contributed by atoms with van der Waals surface area (Å²) in [7, 11) is 0. The largest absolute Gasteiger partial charge is 0.490 e. The molecule has 7 nitrogen and oxygen atoms in total. The smallest absolute Gasteiger partial charge is 0.475 e. The molecule has 0 fully saturated rings. The summed E-state index contributed by atoms with van der Waals surface area (Å²) in [5, 5.41) is 10.0. The number of hydrogen-bond donors (Lipinski definition) is 3. The Kier molecular flexibility index (Phi) is 9.44. The van der Waals surface area contributed by atoms with Crippen molar-refractivity contribution < 1.29 is 32.7 Å². The van der Waals surface area contributed by atoms with Crippen molar-refractivity contribution in [2.24, 2.45) is 5.73 Å². The number of carboxylic acid groups (broad SMARTS) is 1. The predicted octanol–water partition coefficient (Wildman–Crippen LogP) is 1.79. The molecule has 4 N–H and O–H groups in total. The van der Waals surface area contributed by atoms with E-state index in [1.807, 2.05) is 37.4 Å². The SMILES string of the molecule is CC[C@H](N)C(=O)N1c2ccccc2C[C@H]1C(=O)NCCSC.O=C(O)C(F)(F)F. The minimum absolute atomic E-state index is 0.109. The lowest BCUT2D eigenvalue weighted by Gasteiger charge is -2.27. The first-order valence-electron chi connectivity index (χ1n) is 8.77. The molecule has 0 saturated carbocycles. The second kappa shape index (κ2) is 11.1. The number of para-hydroxylation sites is 1. The Morgan fingerprint density at radius 2 is 1.93 bits per heavy atom. The van der Waals surface area contributed by atoms with E-state index in [-0.39, 0.29) is 11.8 Å². The Bertz CT molecular complexity index is 731. The standard InChI is InChI=1S/C16H23N3O2S.C2HF3O2/c1-3-12(17)16(21)19-13-7-5-4-6-11(13)10-14(19)15(20)18-8-9-22-2;3-2(4,5)1(6)7/h4-7,12,14H,3,8-10,17H2,1-2H3,(H,18,20);(H,6,7)/t12-,14-;/m0./s1. The minimum Gasteiger partial charge on any atom is -0.475 e. The van der Waals surface area contributed by atoms with Crippen LogP contribution in [0.25, 0.3) is 0 Å². The molecule has 0 spiro atoms. The van der Waals surface area contributed by atoms with E-state index in [2.05, 4.69) is 5.32 Å². The molecule has 1 heterocycles. The molecule has 11 heteroatoms. The molecule has 0 aromatic heterocycles. The van der Waals surface area contributed by atoms with Crippen LogP contribution in [0, 0.1) is 0 Å². The highest BCUT2D eigenvalue weighted by Gasteiger charge is 2.39. The van der Waals surface area contributed by atoms with Crippen molar-refractivity contribution in [2.75, 3.05) is 23.5 Å². The third-order valence-corrected chi connectivity index (χ3v) is 4.73. The van der Waals surface area contributed by atoms with Crippen molar-refractivity contribution in [3.05, 3.63) is 29.8 Å². The van der Waals surface area contributed by atoms with Crippen molar-refractivity contribution >= 4 is 35.2 Å². The van der Waals surface area contributed by atoms with Crippen molar-refractivity contribution in [3.63, 3.8) is 0 Å². The van der Waals surface area contributed by atoms with Gasteiger partial charge in [-0.3, -0.25) is 14.5 Å². The number of nitrogens with two attached hydrogens (primary N) is 1. The van der Waals surface area contributed by atoms with Gasteiger partial charge >= 0.3 is 12.1 Å². The zero-order valence-corrected chi connectivity index (χ0v) is 16.8. The van der Waals surface area contributed by atoms with E-state index in [1.54, 1.807) is 16.7 Å². The third-order valence-electron chi connectivity index (χ3n) is 4.12. The van der Waals surface area contributed by atoms with Gasteiger partial charge in [-0.1, -0.05) is 25.1 Å². The number of aliphatic carboxylic acids is 1. The van der Waals surface area contributed by atoms with Gasteiger partial charge in [0.15, 0.2) is 0 Å². The van der Waals surface area contributed by atoms with E-state index in [4.69, 9.17) is 15.6 Å². The molecular weight excluding hydrogens is 411 g/mol. The summed E-state index contributed by atoms with van der Waals surface area (Å²) in [6.45, 7) is 2.48. The maximum absolute atomic E-state index is 12.6. The zero-order valence-electron chi connectivity index (χ0n) is 16.0. The van der Waals surface area contributed by atoms with Crippen molar-refractivity contribution in [3.8, 4) is 0 Å². The molecule has 1 aromatic rings. The van der Waals surface area contributed by atoms with Crippen LogP contribution < -0.4 is 16.0 Å². The van der Waals surface area contributed by atoms with E-state index >= 15 is 0 Å². The van der Waals surface area contributed by atoms with E-state index < -0.39 is 24.2 Å². The summed E-state index contributed by atoms with van der Waals surface area (Å²) in [6.07, 6.45) is -1.99. The van der Waals surface area contributed by atoms with Crippen molar-refractivity contribution in [1.82, 2.24) is 5.32 Å². The summed E-state index contributed by atoms with van der Waals surface area (Å²) >= 11 is 1.67. The van der Waals surface area contributed by atoms with Gasteiger partial charge in [-0.05, 0) is 24.3 Å². The lowest BCUT2D eigenvalue weighted by atomic mass is 10.1. The van der Waals surface area contributed by atoms with Gasteiger partial charge in [0.05, 0.1) is 6.04 Å². The fourth-order valence-corrected chi connectivity index (χ4v) is 2.92. The highest BCUT2D eigenvalue weighted by atomic mass is 32.2. The lowest BCUT2D eigenvalue weighted by molar-refractivity contribution is -0.192. The number of carbonyl (C=O) groups excluding carboxylic acids is 2. The number of carbonyl (C=O) groups is 3. The number of thioether (sulfide) groups is 1. The average molecular weight is 435 g/mol. The highest BCUT2D eigenvalue weighted by molar-refractivity contribution is 7.98. The van der Waals surface area contributed by atoms with Crippen LogP contribution in [-0.2, 0) is 20.8 Å². The molecule has 0 saturated heterocycles. The first-order valence-corrected chi connectivity index (χ1v) is 10.2. The number of nitrogens with one attached hydrogen (secondary N) is 1. The fraction of sp³-hybridized carbons (Fsp3) is 0.500. The van der Waals surface area contributed by atoms with Crippen LogP contribution in [0.5, 0.6) is 0 Å². The first-order chi connectivity index (χ1) is 13.5. The number of hydrogen-bond acceptors (Lipinski definition) is 5. The molecule has 0 bridgehead atoms. The maximum atomic E-state index is 12.6. The van der Waals surface area contributed by atoms with Crippen molar-refractivity contribution in [1.29, 1.82) is 0 Å². The van der Waals surface area contributed by atoms with Crippen LogP contribution in [0.4, 0.5) is 18.9 Å². The quantitative estimate of drug-likeness (QED) is 0.588. The van der Waals surface area contributed by atoms with Crippen LogP contribution in [0.15, 0.2) is 24.3 Å². The van der Waals surface area contributed by atoms with Crippen LogP contribution in [0.1, 0.15) is 18.9 Å². The van der Waals surface area contributed by atoms with Gasteiger partial charge in [0.2, 0.25) is 11.8 Å². The number of anilines is 1. The number of fused-ring (bicyclic) bond motifs is 1. The molecule has 1 aliphatic rings. The van der Waals surface area contributed by atoms with E-state index in [0.717, 1.165) is 17.0 Å². The highest BCUT2D eigenvalue weighted by Crippen LogP contribution is 2.32. The second-order valence-electron chi connectivity index (χ2n) is 6.16. The van der Waals surface area contributed by atoms with E-state index in [0.29, 0.717) is 19.4 Å². The number of benzene rings is 1. The predicted molar refractivity (Wildman–Crippen MR) is 105 cm³/mol. The first kappa shape index (κ1) is 24.8. The molecule has 2 amide bonds.